The van der Waals surface area contributed by atoms with Gasteiger partial charge in [-0.25, -0.2) is 0 Å². The molecular formula is C19H34NOS+. The van der Waals surface area contributed by atoms with Crippen LogP contribution in [0.3, 0.4) is 0 Å². The van der Waals surface area contributed by atoms with Crippen molar-refractivity contribution >= 4 is 11.9 Å². The Balaban J connectivity index is 2.84. The van der Waals surface area contributed by atoms with Crippen molar-refractivity contribution in [1.82, 2.24) is 4.72 Å². The molecular weight excluding hydrogens is 290 g/mol. The summed E-state index contributed by atoms with van der Waals surface area (Å²) >= 11 is 1.25. The Morgan fingerprint density at radius 2 is 1.95 bits per heavy atom. The number of nitrogens with one attached hydrogen (secondary N) is 1. The lowest BCUT2D eigenvalue weighted by molar-refractivity contribution is 0.0428. The lowest BCUT2D eigenvalue weighted by Crippen LogP contribution is -2.37. The third-order valence-corrected chi connectivity index (χ3v) is 4.68. The fourth-order valence-corrected chi connectivity index (χ4v) is 3.12. The van der Waals surface area contributed by atoms with E-state index in [1.807, 2.05) is 0 Å². The minimum Gasteiger partial charge on any atom is -0.376 e. The summed E-state index contributed by atoms with van der Waals surface area (Å²) in [6.07, 6.45) is 3.55. The van der Waals surface area contributed by atoms with E-state index in [0.717, 1.165) is 19.4 Å². The van der Waals surface area contributed by atoms with Gasteiger partial charge in [-0.2, -0.15) is 0 Å². The Kier molecular flexibility index (Phi) is 8.52. The Bertz CT molecular complexity index is 428. The molecule has 0 aromatic heterocycles. The molecule has 0 bridgehead atoms. The molecule has 1 N–H and O–H groups in total. The average Bonchev–Trinajstić information content (AvgIpc) is 2.47. The molecule has 126 valence electrons. The summed E-state index contributed by atoms with van der Waals surface area (Å²) in [5, 5.41) is 0. The van der Waals surface area contributed by atoms with Crippen molar-refractivity contribution in [2.24, 2.45) is 0 Å². The van der Waals surface area contributed by atoms with Crippen LogP contribution >= 0.6 is 0 Å². The summed E-state index contributed by atoms with van der Waals surface area (Å²) in [5.74, 6) is 0. The van der Waals surface area contributed by atoms with E-state index < -0.39 is 0 Å². The van der Waals surface area contributed by atoms with Crippen molar-refractivity contribution < 1.29 is 4.74 Å². The predicted molar refractivity (Wildman–Crippen MR) is 101 cm³/mol. The van der Waals surface area contributed by atoms with E-state index in [9.17, 15) is 0 Å². The number of aryl methyl sites for hydroxylation is 1. The van der Waals surface area contributed by atoms with Crippen LogP contribution in [0.25, 0.3) is 0 Å². The molecule has 0 unspecified atom stereocenters. The molecule has 1 aromatic carbocycles. The molecule has 0 spiro atoms. The summed E-state index contributed by atoms with van der Waals surface area (Å²) in [4.78, 5) is 0. The normalized spacial score (nSPS) is 14.8. The molecule has 0 saturated heterocycles. The van der Waals surface area contributed by atoms with Crippen LogP contribution in [0.4, 0.5) is 0 Å². The van der Waals surface area contributed by atoms with Gasteiger partial charge >= 0.3 is 0 Å². The van der Waals surface area contributed by atoms with Crippen LogP contribution in [-0.4, -0.2) is 17.5 Å². The first kappa shape index (κ1) is 19.5. The summed E-state index contributed by atoms with van der Waals surface area (Å²) in [5.41, 5.74) is 2.72. The molecule has 0 fully saturated rings. The highest BCUT2D eigenvalue weighted by molar-refractivity contribution is 7.77. The van der Waals surface area contributed by atoms with Crippen LogP contribution in [0.15, 0.2) is 24.3 Å². The minimum absolute atomic E-state index is 0.175. The molecule has 0 radical (unpaired) electrons. The first-order valence-electron chi connectivity index (χ1n) is 8.55. The Morgan fingerprint density at radius 1 is 1.23 bits per heavy atom. The van der Waals surface area contributed by atoms with Crippen LogP contribution in [-0.2, 0) is 23.1 Å². The summed E-state index contributed by atoms with van der Waals surface area (Å²) in [6.45, 7) is 14.2. The molecule has 0 aliphatic carbocycles. The largest absolute Gasteiger partial charge is 0.376 e. The lowest BCUT2D eigenvalue weighted by Gasteiger charge is -2.25. The maximum atomic E-state index is 6.07. The maximum Gasteiger partial charge on any atom is 0.136 e. The number of rotatable bonds is 9. The van der Waals surface area contributed by atoms with Gasteiger partial charge in [-0.05, 0) is 51.7 Å². The molecule has 0 aliphatic heterocycles. The molecule has 3 heteroatoms. The highest BCUT2D eigenvalue weighted by Gasteiger charge is 2.28. The zero-order chi connectivity index (χ0) is 16.6. The van der Waals surface area contributed by atoms with E-state index in [4.69, 9.17) is 4.74 Å². The van der Waals surface area contributed by atoms with Crippen LogP contribution in [0.1, 0.15) is 71.6 Å². The van der Waals surface area contributed by atoms with Crippen LogP contribution < -0.4 is 4.72 Å². The summed E-state index contributed by atoms with van der Waals surface area (Å²) in [6, 6.07) is 9.13. The number of unbranched alkanes of at least 4 members (excludes halogenated alkanes) is 1. The van der Waals surface area contributed by atoms with Gasteiger partial charge < -0.3 is 4.74 Å². The average molecular weight is 325 g/mol. The van der Waals surface area contributed by atoms with Gasteiger partial charge in [0.25, 0.3) is 0 Å². The van der Waals surface area contributed by atoms with Gasteiger partial charge in [0, 0.05) is 6.61 Å². The Hall–Kier alpha value is -0.510. The van der Waals surface area contributed by atoms with Crippen LogP contribution in [0.5, 0.6) is 0 Å². The van der Waals surface area contributed by atoms with Crippen molar-refractivity contribution in [3.8, 4) is 0 Å². The first-order valence-corrected chi connectivity index (χ1v) is 9.44. The highest BCUT2D eigenvalue weighted by atomic mass is 32.2. The van der Waals surface area contributed by atoms with Gasteiger partial charge in [-0.1, -0.05) is 44.5 Å². The highest BCUT2D eigenvalue weighted by Crippen LogP contribution is 2.23. The number of ether oxygens (including phenoxy) is 1. The third kappa shape index (κ3) is 7.17. The van der Waals surface area contributed by atoms with E-state index in [2.05, 4.69) is 70.5 Å². The van der Waals surface area contributed by atoms with Crippen molar-refractivity contribution in [2.75, 3.05) is 6.61 Å². The van der Waals surface area contributed by atoms with Crippen molar-refractivity contribution in [3.63, 3.8) is 0 Å². The number of benzene rings is 1. The van der Waals surface area contributed by atoms with E-state index >= 15 is 0 Å². The fourth-order valence-electron chi connectivity index (χ4n) is 2.23. The third-order valence-electron chi connectivity index (χ3n) is 3.61. The second kappa shape index (κ2) is 9.59. The fraction of sp³-hybridized carbons (Fsp3) is 0.684. The standard InChI is InChI=1S/C19H33NOS/c1-7-9-13-21-15(3)18(20-22-19(4,5)6)17-12-10-11-16(8-2)14-17/h10-12,14-15,18,20H,7-9,13H2,1-6H3/p+1/t15-,18+/m0/s1. The molecule has 2 atom stereocenters. The molecule has 0 heterocycles. The zero-order valence-electron chi connectivity index (χ0n) is 15.1. The monoisotopic (exact) mass is 324 g/mol. The number of thiol groups is 1. The van der Waals surface area contributed by atoms with E-state index in [1.54, 1.807) is 0 Å². The zero-order valence-corrected chi connectivity index (χ0v) is 16.0. The van der Waals surface area contributed by atoms with E-state index in [1.165, 1.54) is 29.5 Å². The SMILES string of the molecule is CCCCO[C@@H](C)[C@@H](N[SH+]C(C)(C)C)c1cccc(CC)c1. The second-order valence-electron chi connectivity index (χ2n) is 6.92. The van der Waals surface area contributed by atoms with E-state index in [-0.39, 0.29) is 16.9 Å². The summed E-state index contributed by atoms with van der Waals surface area (Å²) < 4.78 is 10.0. The molecule has 1 aromatic rings. The quantitative estimate of drug-likeness (QED) is 0.407. The van der Waals surface area contributed by atoms with Crippen molar-refractivity contribution in [2.45, 2.75) is 77.7 Å². The van der Waals surface area contributed by atoms with Crippen LogP contribution in [0.2, 0.25) is 0 Å². The van der Waals surface area contributed by atoms with Crippen molar-refractivity contribution in [3.05, 3.63) is 35.4 Å². The number of hydrogen-bond acceptors (Lipinski definition) is 2. The van der Waals surface area contributed by atoms with E-state index in [0.29, 0.717) is 0 Å². The molecule has 0 amide bonds. The van der Waals surface area contributed by atoms with Crippen molar-refractivity contribution in [1.29, 1.82) is 0 Å². The molecule has 22 heavy (non-hydrogen) atoms. The van der Waals surface area contributed by atoms with Gasteiger partial charge in [0.1, 0.15) is 10.8 Å². The van der Waals surface area contributed by atoms with Gasteiger partial charge in [-0.3, -0.25) is 0 Å². The lowest BCUT2D eigenvalue weighted by atomic mass is 10.00. The molecule has 0 saturated carbocycles. The summed E-state index contributed by atoms with van der Waals surface area (Å²) in [7, 11) is 0. The second-order valence-corrected chi connectivity index (χ2v) is 8.74. The van der Waals surface area contributed by atoms with Gasteiger partial charge in [0.15, 0.2) is 0 Å². The Labute approximate surface area is 141 Å². The molecule has 1 rings (SSSR count). The van der Waals surface area contributed by atoms with Gasteiger partial charge in [0.2, 0.25) is 0 Å². The number of hydrogen-bond donors (Lipinski definition) is 1. The molecule has 2 nitrogen and oxygen atoms in total. The van der Waals surface area contributed by atoms with Crippen LogP contribution in [0, 0.1) is 0 Å². The Morgan fingerprint density at radius 3 is 2.55 bits per heavy atom. The molecule has 0 aliphatic rings. The maximum absolute atomic E-state index is 6.07. The minimum atomic E-state index is 0.175. The predicted octanol–water partition coefficient (Wildman–Crippen LogP) is 4.61. The topological polar surface area (TPSA) is 21.3 Å². The van der Waals surface area contributed by atoms with Gasteiger partial charge in [0.05, 0.1) is 18.1 Å². The van der Waals surface area contributed by atoms with Gasteiger partial charge in [-0.15, -0.1) is 4.72 Å². The first-order chi connectivity index (χ1) is 10.4. The smallest absolute Gasteiger partial charge is 0.136 e.